The Labute approximate surface area is 107 Å². The van der Waals surface area contributed by atoms with Gasteiger partial charge in [0.15, 0.2) is 5.75 Å². The quantitative estimate of drug-likeness (QED) is 0.662. The van der Waals surface area contributed by atoms with E-state index in [0.717, 1.165) is 7.11 Å². The van der Waals surface area contributed by atoms with E-state index in [1.807, 2.05) is 0 Å². The summed E-state index contributed by atoms with van der Waals surface area (Å²) in [4.78, 5) is 14.8. The number of nitriles is 1. The Hall–Kier alpha value is -1.77. The highest BCUT2D eigenvalue weighted by atomic mass is 35.5. The number of phenolic OH excluding ortho intramolecular Hbond substituents is 1. The van der Waals surface area contributed by atoms with Crippen molar-refractivity contribution in [2.24, 2.45) is 4.99 Å². The van der Waals surface area contributed by atoms with Crippen molar-refractivity contribution in [3.8, 4) is 11.8 Å². The van der Waals surface area contributed by atoms with Crippen molar-refractivity contribution < 1.29 is 14.6 Å². The monoisotopic (exact) mass is 272 g/mol. The highest BCUT2D eigenvalue weighted by molar-refractivity contribution is 6.43. The van der Waals surface area contributed by atoms with Crippen molar-refractivity contribution in [3.05, 3.63) is 22.2 Å². The zero-order chi connectivity index (χ0) is 13.0. The second-order valence-electron chi connectivity index (χ2n) is 2.82. The number of aromatic hydroxyl groups is 1. The summed E-state index contributed by atoms with van der Waals surface area (Å²) < 4.78 is 4.35. The lowest BCUT2D eigenvalue weighted by Gasteiger charge is -2.02. The Bertz CT molecular complexity index is 512. The van der Waals surface area contributed by atoms with E-state index in [1.54, 1.807) is 6.07 Å². The molecule has 1 aromatic carbocycles. The number of methoxy groups -OCH3 is 1. The number of nitrogens with zero attached hydrogens (tertiary/aromatic N) is 2. The average Bonchev–Trinajstić information content (AvgIpc) is 2.31. The number of ether oxygens (including phenoxy) is 1. The van der Waals surface area contributed by atoms with Crippen LogP contribution in [0.2, 0.25) is 10.0 Å². The Morgan fingerprint density at radius 2 is 2.00 bits per heavy atom. The van der Waals surface area contributed by atoms with Gasteiger partial charge in [-0.1, -0.05) is 23.2 Å². The fourth-order valence-corrected chi connectivity index (χ4v) is 1.43. The number of carbonyl (C=O) groups is 1. The van der Waals surface area contributed by atoms with Crippen molar-refractivity contribution in [1.29, 1.82) is 5.26 Å². The van der Waals surface area contributed by atoms with Crippen LogP contribution in [0.15, 0.2) is 17.1 Å². The first-order chi connectivity index (χ1) is 7.99. The number of halogens is 2. The van der Waals surface area contributed by atoms with Crippen molar-refractivity contribution in [3.63, 3.8) is 0 Å². The van der Waals surface area contributed by atoms with E-state index in [2.05, 4.69) is 9.73 Å². The van der Waals surface area contributed by atoms with Gasteiger partial charge >= 0.3 is 5.97 Å². The smallest absolute Gasteiger partial charge is 0.367 e. The maximum absolute atomic E-state index is 11.1. The maximum Gasteiger partial charge on any atom is 0.367 e. The molecule has 0 heterocycles. The van der Waals surface area contributed by atoms with Gasteiger partial charge < -0.3 is 9.84 Å². The summed E-state index contributed by atoms with van der Waals surface area (Å²) in [6, 6.07) is 4.12. The molecule has 0 aromatic heterocycles. The summed E-state index contributed by atoms with van der Waals surface area (Å²) in [5.41, 5.74) is -0.273. The van der Waals surface area contributed by atoms with Gasteiger partial charge in [0.25, 0.3) is 0 Å². The van der Waals surface area contributed by atoms with Gasteiger partial charge in [-0.05, 0) is 12.1 Å². The first-order valence-corrected chi connectivity index (χ1v) is 5.00. The minimum absolute atomic E-state index is 0.0293. The predicted molar refractivity (Wildman–Crippen MR) is 62.9 cm³/mol. The maximum atomic E-state index is 11.1. The van der Waals surface area contributed by atoms with Crippen LogP contribution in [0.4, 0.5) is 5.69 Å². The molecule has 1 aromatic rings. The summed E-state index contributed by atoms with van der Waals surface area (Å²) in [7, 11) is 1.13. The summed E-state index contributed by atoms with van der Waals surface area (Å²) >= 11 is 11.3. The van der Waals surface area contributed by atoms with E-state index in [-0.39, 0.29) is 21.5 Å². The standard InChI is InChI=1S/C10H6Cl2N2O3/c1-17-10(16)8(4-13)14-5-2-6(11)9(15)7(12)3-5/h2-3,15H,1H3. The van der Waals surface area contributed by atoms with Gasteiger partial charge in [0, 0.05) is 0 Å². The Morgan fingerprint density at radius 1 is 1.47 bits per heavy atom. The van der Waals surface area contributed by atoms with Crippen LogP contribution in [0.3, 0.4) is 0 Å². The van der Waals surface area contributed by atoms with E-state index in [9.17, 15) is 9.90 Å². The fraction of sp³-hybridized carbons (Fsp3) is 0.100. The van der Waals surface area contributed by atoms with Gasteiger partial charge in [0.1, 0.15) is 6.07 Å². The Morgan fingerprint density at radius 3 is 2.41 bits per heavy atom. The van der Waals surface area contributed by atoms with Crippen molar-refractivity contribution in [2.75, 3.05) is 7.11 Å². The fourth-order valence-electron chi connectivity index (χ4n) is 0.959. The minimum Gasteiger partial charge on any atom is -0.505 e. The number of aliphatic imine (C=N–C) groups is 1. The third-order valence-corrected chi connectivity index (χ3v) is 2.30. The van der Waals surface area contributed by atoms with Crippen LogP contribution in [-0.2, 0) is 9.53 Å². The van der Waals surface area contributed by atoms with Crippen LogP contribution < -0.4 is 0 Å². The molecule has 0 bridgehead atoms. The lowest BCUT2D eigenvalue weighted by atomic mass is 10.3. The lowest BCUT2D eigenvalue weighted by Crippen LogP contribution is -2.13. The first kappa shape index (κ1) is 13.3. The molecule has 0 spiro atoms. The van der Waals surface area contributed by atoms with Gasteiger partial charge in [-0.3, -0.25) is 0 Å². The topological polar surface area (TPSA) is 82.7 Å². The molecule has 0 amide bonds. The second kappa shape index (κ2) is 5.53. The summed E-state index contributed by atoms with van der Waals surface area (Å²) in [5, 5.41) is 17.9. The number of benzene rings is 1. The molecule has 17 heavy (non-hydrogen) atoms. The molecule has 0 aliphatic heterocycles. The van der Waals surface area contributed by atoms with Crippen LogP contribution in [0, 0.1) is 11.3 Å². The third-order valence-electron chi connectivity index (χ3n) is 1.73. The first-order valence-electron chi connectivity index (χ1n) is 4.24. The molecule has 0 atom stereocenters. The lowest BCUT2D eigenvalue weighted by molar-refractivity contribution is -0.132. The number of hydrogen-bond donors (Lipinski definition) is 1. The molecule has 0 aliphatic rings. The van der Waals surface area contributed by atoms with Crippen LogP contribution >= 0.6 is 23.2 Å². The van der Waals surface area contributed by atoms with Gasteiger partial charge in [-0.2, -0.15) is 5.26 Å². The van der Waals surface area contributed by atoms with E-state index in [1.165, 1.54) is 12.1 Å². The van der Waals surface area contributed by atoms with Crippen LogP contribution in [0.5, 0.6) is 5.75 Å². The molecule has 1 N–H and O–H groups in total. The normalized spacial score (nSPS) is 10.8. The number of rotatable bonds is 2. The van der Waals surface area contributed by atoms with Crippen molar-refractivity contribution >= 4 is 40.6 Å². The van der Waals surface area contributed by atoms with E-state index in [0.29, 0.717) is 0 Å². The largest absolute Gasteiger partial charge is 0.505 e. The second-order valence-corrected chi connectivity index (χ2v) is 3.64. The summed E-state index contributed by atoms with van der Waals surface area (Å²) in [6.45, 7) is 0. The van der Waals surface area contributed by atoms with Crippen LogP contribution in [-0.4, -0.2) is 23.9 Å². The van der Waals surface area contributed by atoms with E-state index >= 15 is 0 Å². The molecule has 0 radical (unpaired) electrons. The van der Waals surface area contributed by atoms with Crippen molar-refractivity contribution in [2.45, 2.75) is 0 Å². The molecule has 88 valence electrons. The molecular weight excluding hydrogens is 267 g/mol. The highest BCUT2D eigenvalue weighted by Crippen LogP contribution is 2.35. The zero-order valence-electron chi connectivity index (χ0n) is 8.57. The third kappa shape index (κ3) is 3.09. The van der Waals surface area contributed by atoms with E-state index < -0.39 is 11.7 Å². The zero-order valence-corrected chi connectivity index (χ0v) is 10.1. The molecule has 0 fully saturated rings. The van der Waals surface area contributed by atoms with Crippen molar-refractivity contribution in [1.82, 2.24) is 0 Å². The molecule has 0 saturated heterocycles. The number of phenols is 1. The van der Waals surface area contributed by atoms with Gasteiger partial charge in [-0.15, -0.1) is 0 Å². The summed E-state index contributed by atoms with van der Waals surface area (Å²) in [6.07, 6.45) is 0. The molecule has 0 aliphatic carbocycles. The molecule has 0 unspecified atom stereocenters. The number of carbonyl (C=O) groups excluding carboxylic acids is 1. The highest BCUT2D eigenvalue weighted by Gasteiger charge is 2.12. The molecule has 0 saturated carbocycles. The molecule has 7 heteroatoms. The van der Waals surface area contributed by atoms with Gasteiger partial charge in [0.2, 0.25) is 5.71 Å². The minimum atomic E-state index is -0.868. The van der Waals surface area contributed by atoms with Crippen LogP contribution in [0.25, 0.3) is 0 Å². The molecule has 5 nitrogen and oxygen atoms in total. The van der Waals surface area contributed by atoms with Gasteiger partial charge in [0.05, 0.1) is 22.8 Å². The summed E-state index contributed by atoms with van der Waals surface area (Å²) in [5.74, 6) is -1.16. The van der Waals surface area contributed by atoms with Crippen LogP contribution in [0.1, 0.15) is 0 Å². The molecular formula is C10H6Cl2N2O3. The average molecular weight is 273 g/mol. The number of esters is 1. The Kier molecular flexibility index (Phi) is 4.32. The van der Waals surface area contributed by atoms with E-state index in [4.69, 9.17) is 28.5 Å². The number of hydrogen-bond acceptors (Lipinski definition) is 5. The SMILES string of the molecule is COC(=O)C(C#N)=Nc1cc(Cl)c(O)c(Cl)c1. The Balaban J connectivity index is 3.23. The van der Waals surface area contributed by atoms with Gasteiger partial charge in [-0.25, -0.2) is 9.79 Å². The predicted octanol–water partition coefficient (Wildman–Crippen LogP) is 2.47. The molecule has 1 rings (SSSR count).